The second-order valence-electron chi connectivity index (χ2n) is 4.67. The van der Waals surface area contributed by atoms with Crippen molar-refractivity contribution >= 4 is 34.4 Å². The second kappa shape index (κ2) is 5.17. The number of aryl methyl sites for hydroxylation is 1. The third-order valence-electron chi connectivity index (χ3n) is 3.51. The molecule has 1 atom stereocenters. The normalized spacial score (nSPS) is 12.4. The molecule has 0 aliphatic carbocycles. The number of carboxylic acids is 1. The average molecular weight is 295 g/mol. The molecule has 2 aromatic rings. The molecule has 1 N–H and O–H groups in total. The lowest BCUT2D eigenvalue weighted by atomic mass is 10.2. The van der Waals surface area contributed by atoms with Gasteiger partial charge in [-0.3, -0.25) is 4.79 Å². The summed E-state index contributed by atoms with van der Waals surface area (Å²) in [4.78, 5) is 24.6. The number of aromatic nitrogens is 1. The van der Waals surface area contributed by atoms with E-state index >= 15 is 0 Å². The quantitative estimate of drug-likeness (QED) is 0.945. The van der Waals surface area contributed by atoms with Crippen molar-refractivity contribution in [3.05, 3.63) is 35.0 Å². The summed E-state index contributed by atoms with van der Waals surface area (Å²) >= 11 is 6.27. The summed E-state index contributed by atoms with van der Waals surface area (Å²) in [6, 6.07) is 6.47. The molecule has 0 aliphatic rings. The molecule has 0 aliphatic heterocycles. The van der Waals surface area contributed by atoms with Gasteiger partial charge in [0.1, 0.15) is 11.7 Å². The van der Waals surface area contributed by atoms with Gasteiger partial charge in [0.15, 0.2) is 0 Å². The van der Waals surface area contributed by atoms with Crippen LogP contribution in [0.5, 0.6) is 0 Å². The number of benzene rings is 1. The number of amides is 1. The maximum atomic E-state index is 12.5. The van der Waals surface area contributed by atoms with Crippen molar-refractivity contribution in [2.24, 2.45) is 7.05 Å². The van der Waals surface area contributed by atoms with Crippen LogP contribution in [-0.2, 0) is 11.8 Å². The number of carboxylic acid groups (broad SMARTS) is 1. The van der Waals surface area contributed by atoms with E-state index in [1.54, 1.807) is 11.6 Å². The van der Waals surface area contributed by atoms with Gasteiger partial charge in [-0.25, -0.2) is 4.79 Å². The summed E-state index contributed by atoms with van der Waals surface area (Å²) in [5.41, 5.74) is 1.13. The Labute approximate surface area is 121 Å². The van der Waals surface area contributed by atoms with Gasteiger partial charge < -0.3 is 14.6 Å². The Morgan fingerprint density at radius 3 is 2.50 bits per heavy atom. The van der Waals surface area contributed by atoms with Crippen molar-refractivity contribution in [3.63, 3.8) is 0 Å². The fraction of sp³-hybridized carbons (Fsp3) is 0.286. The van der Waals surface area contributed by atoms with Crippen molar-refractivity contribution in [2.75, 3.05) is 7.05 Å². The van der Waals surface area contributed by atoms with Gasteiger partial charge in [0.25, 0.3) is 5.91 Å². The van der Waals surface area contributed by atoms with Gasteiger partial charge in [0.05, 0.1) is 5.02 Å². The zero-order valence-electron chi connectivity index (χ0n) is 11.4. The standard InChI is InChI=1S/C14H15ClN2O3/c1-8(14(19)20)16(2)13(18)12-11(15)9-6-4-5-7-10(9)17(12)3/h4-8H,1-3H3,(H,19,20). The number of nitrogens with zero attached hydrogens (tertiary/aromatic N) is 2. The van der Waals surface area contributed by atoms with Crippen molar-refractivity contribution < 1.29 is 14.7 Å². The van der Waals surface area contributed by atoms with Crippen molar-refractivity contribution in [2.45, 2.75) is 13.0 Å². The second-order valence-corrected chi connectivity index (χ2v) is 5.05. The monoisotopic (exact) mass is 294 g/mol. The summed E-state index contributed by atoms with van der Waals surface area (Å²) in [5.74, 6) is -1.47. The molecule has 2 rings (SSSR count). The van der Waals surface area contributed by atoms with E-state index in [0.29, 0.717) is 10.7 Å². The average Bonchev–Trinajstić information content (AvgIpc) is 2.69. The summed E-state index contributed by atoms with van der Waals surface area (Å²) < 4.78 is 1.69. The third kappa shape index (κ3) is 2.14. The number of hydrogen-bond donors (Lipinski definition) is 1. The Kier molecular flexibility index (Phi) is 3.72. The van der Waals surface area contributed by atoms with Crippen LogP contribution in [0.2, 0.25) is 5.02 Å². The number of likely N-dealkylation sites (N-methyl/N-ethyl adjacent to an activating group) is 1. The van der Waals surface area contributed by atoms with Crippen LogP contribution in [0.15, 0.2) is 24.3 Å². The van der Waals surface area contributed by atoms with Gasteiger partial charge >= 0.3 is 5.97 Å². The van der Waals surface area contributed by atoms with E-state index in [1.807, 2.05) is 24.3 Å². The Morgan fingerprint density at radius 2 is 1.95 bits per heavy atom. The van der Waals surface area contributed by atoms with Crippen LogP contribution < -0.4 is 0 Å². The molecular weight excluding hydrogens is 280 g/mol. The number of fused-ring (bicyclic) bond motifs is 1. The molecule has 0 bridgehead atoms. The van der Waals surface area contributed by atoms with Gasteiger partial charge in [-0.2, -0.15) is 0 Å². The maximum absolute atomic E-state index is 12.5. The number of halogens is 1. The van der Waals surface area contributed by atoms with Crippen molar-refractivity contribution in [1.29, 1.82) is 0 Å². The zero-order valence-corrected chi connectivity index (χ0v) is 12.2. The van der Waals surface area contributed by atoms with Crippen molar-refractivity contribution in [1.82, 2.24) is 9.47 Å². The molecule has 1 amide bonds. The third-order valence-corrected chi connectivity index (χ3v) is 3.89. The number of carbonyl (C=O) groups excluding carboxylic acids is 1. The topological polar surface area (TPSA) is 62.5 Å². The minimum atomic E-state index is -1.06. The highest BCUT2D eigenvalue weighted by Gasteiger charge is 2.27. The molecule has 6 heteroatoms. The number of aliphatic carboxylic acids is 1. The highest BCUT2D eigenvalue weighted by molar-refractivity contribution is 6.38. The zero-order chi connectivity index (χ0) is 15.0. The first-order chi connectivity index (χ1) is 9.36. The minimum Gasteiger partial charge on any atom is -0.480 e. The highest BCUT2D eigenvalue weighted by Crippen LogP contribution is 2.30. The Bertz CT molecular complexity index is 654. The van der Waals surface area contributed by atoms with Crippen LogP contribution in [-0.4, -0.2) is 39.5 Å². The van der Waals surface area contributed by atoms with Crippen LogP contribution in [0.25, 0.3) is 10.9 Å². The van der Waals surface area contributed by atoms with Gasteiger partial charge in [-0.15, -0.1) is 0 Å². The van der Waals surface area contributed by atoms with E-state index in [0.717, 1.165) is 10.9 Å². The first-order valence-electron chi connectivity index (χ1n) is 6.09. The van der Waals surface area contributed by atoms with Crippen molar-refractivity contribution in [3.8, 4) is 0 Å². The molecule has 1 aromatic carbocycles. The summed E-state index contributed by atoms with van der Waals surface area (Å²) in [5, 5.41) is 10.1. The maximum Gasteiger partial charge on any atom is 0.326 e. The number of carbonyl (C=O) groups is 2. The van der Waals surface area contributed by atoms with Crippen LogP contribution >= 0.6 is 11.6 Å². The van der Waals surface area contributed by atoms with Gasteiger partial charge in [0, 0.05) is 25.0 Å². The molecule has 0 radical (unpaired) electrons. The minimum absolute atomic E-state index is 0.295. The van der Waals surface area contributed by atoms with E-state index < -0.39 is 17.9 Å². The smallest absolute Gasteiger partial charge is 0.326 e. The fourth-order valence-corrected chi connectivity index (χ4v) is 2.46. The number of hydrogen-bond acceptors (Lipinski definition) is 2. The number of para-hydroxylation sites is 1. The molecule has 106 valence electrons. The molecule has 0 saturated heterocycles. The first-order valence-corrected chi connectivity index (χ1v) is 6.47. The molecule has 0 saturated carbocycles. The summed E-state index contributed by atoms with van der Waals surface area (Å²) in [6.07, 6.45) is 0. The van der Waals surface area contributed by atoms with E-state index in [-0.39, 0.29) is 0 Å². The molecule has 1 unspecified atom stereocenters. The molecule has 0 fully saturated rings. The summed E-state index contributed by atoms with van der Waals surface area (Å²) in [6.45, 7) is 1.46. The molecule has 1 heterocycles. The molecular formula is C14H15ClN2O3. The predicted octanol–water partition coefficient (Wildman–Crippen LogP) is 2.38. The van der Waals surface area contributed by atoms with Crippen LogP contribution in [0, 0.1) is 0 Å². The Morgan fingerprint density at radius 1 is 1.35 bits per heavy atom. The highest BCUT2D eigenvalue weighted by atomic mass is 35.5. The Hall–Kier alpha value is -2.01. The molecule has 20 heavy (non-hydrogen) atoms. The fourth-order valence-electron chi connectivity index (χ4n) is 2.09. The molecule has 0 spiro atoms. The Balaban J connectivity index is 2.53. The lowest BCUT2D eigenvalue weighted by Crippen LogP contribution is -2.41. The first kappa shape index (κ1) is 14.4. The molecule has 5 nitrogen and oxygen atoms in total. The summed E-state index contributed by atoms with van der Waals surface area (Å²) in [7, 11) is 3.19. The number of rotatable bonds is 3. The van der Waals surface area contributed by atoms with Crippen LogP contribution in [0.4, 0.5) is 0 Å². The SMILES string of the molecule is CC(C(=O)O)N(C)C(=O)c1c(Cl)c2ccccc2n1C. The van der Waals surface area contributed by atoms with Gasteiger partial charge in [0.2, 0.25) is 0 Å². The lowest BCUT2D eigenvalue weighted by molar-refractivity contribution is -0.141. The van der Waals surface area contributed by atoms with E-state index in [2.05, 4.69) is 0 Å². The van der Waals surface area contributed by atoms with Gasteiger partial charge in [-0.05, 0) is 13.0 Å². The largest absolute Gasteiger partial charge is 0.480 e. The van der Waals surface area contributed by atoms with E-state index in [4.69, 9.17) is 16.7 Å². The predicted molar refractivity (Wildman–Crippen MR) is 77.1 cm³/mol. The van der Waals surface area contributed by atoms with E-state index in [1.165, 1.54) is 18.9 Å². The molecule has 1 aromatic heterocycles. The van der Waals surface area contributed by atoms with Gasteiger partial charge in [-0.1, -0.05) is 29.8 Å². The van der Waals surface area contributed by atoms with Crippen LogP contribution in [0.3, 0.4) is 0 Å². The van der Waals surface area contributed by atoms with Crippen LogP contribution in [0.1, 0.15) is 17.4 Å². The lowest BCUT2D eigenvalue weighted by Gasteiger charge is -2.21. The van der Waals surface area contributed by atoms with E-state index in [9.17, 15) is 9.59 Å².